The third-order valence-corrected chi connectivity index (χ3v) is 2.99. The minimum absolute atomic E-state index is 0.576. The number of methoxy groups -OCH3 is 3. The zero-order valence-electron chi connectivity index (χ0n) is 14.5. The molecule has 0 saturated heterocycles. The highest BCUT2D eigenvalue weighted by Crippen LogP contribution is 2.01. The first-order valence-corrected chi connectivity index (χ1v) is 8.16. The molecule has 0 heterocycles. The number of ether oxygens (including phenoxy) is 3. The van der Waals surface area contributed by atoms with Gasteiger partial charge in [-0.3, -0.25) is 0 Å². The first-order valence-electron chi connectivity index (χ1n) is 8.16. The van der Waals surface area contributed by atoms with Crippen LogP contribution in [0.15, 0.2) is 0 Å². The molecule has 0 fully saturated rings. The van der Waals surface area contributed by atoms with Crippen molar-refractivity contribution in [2.75, 3.05) is 61.0 Å². The van der Waals surface area contributed by atoms with Crippen LogP contribution in [0.1, 0.15) is 38.5 Å². The molecular weight excluding hydrogens is 287 g/mol. The molecule has 0 aliphatic rings. The molecule has 0 atom stereocenters. The Labute approximate surface area is 135 Å². The molecule has 0 aromatic rings. The normalized spacial score (nSPS) is 11.0. The van der Waals surface area contributed by atoms with Crippen LogP contribution in [0, 0.1) is 0 Å². The van der Waals surface area contributed by atoms with Crippen LogP contribution in [0.5, 0.6) is 0 Å². The molecule has 7 heteroatoms. The Bertz CT molecular complexity index is 175. The lowest BCUT2D eigenvalue weighted by Crippen LogP contribution is -2.29. The van der Waals surface area contributed by atoms with Crippen LogP contribution in [0.25, 0.3) is 0 Å². The molecule has 0 N–H and O–H groups in total. The molecule has 0 aromatic heterocycles. The minimum Gasteiger partial charge on any atom is -0.386 e. The fraction of sp³-hybridized carbons (Fsp3) is 1.00. The SMILES string of the molecule is COCCCCOB(OCCCCOC)OCCCCOC. The van der Waals surface area contributed by atoms with E-state index >= 15 is 0 Å². The van der Waals surface area contributed by atoms with Gasteiger partial charge >= 0.3 is 7.32 Å². The fourth-order valence-corrected chi connectivity index (χ4v) is 1.73. The van der Waals surface area contributed by atoms with E-state index in [0.29, 0.717) is 19.8 Å². The van der Waals surface area contributed by atoms with Gasteiger partial charge in [0.1, 0.15) is 0 Å². The molecule has 132 valence electrons. The van der Waals surface area contributed by atoms with Gasteiger partial charge in [-0.1, -0.05) is 0 Å². The highest BCUT2D eigenvalue weighted by Gasteiger charge is 2.20. The topological polar surface area (TPSA) is 55.4 Å². The molecule has 0 amide bonds. The highest BCUT2D eigenvalue weighted by atomic mass is 16.7. The maximum Gasteiger partial charge on any atom is 0.639 e. The van der Waals surface area contributed by atoms with E-state index in [1.54, 1.807) is 21.3 Å². The van der Waals surface area contributed by atoms with Crippen molar-refractivity contribution in [1.29, 1.82) is 0 Å². The van der Waals surface area contributed by atoms with Crippen molar-refractivity contribution < 1.29 is 28.2 Å². The van der Waals surface area contributed by atoms with Gasteiger partial charge in [0.05, 0.1) is 0 Å². The van der Waals surface area contributed by atoms with Crippen LogP contribution in [-0.4, -0.2) is 68.3 Å². The minimum atomic E-state index is -0.576. The molecule has 0 bridgehead atoms. The average molecular weight is 320 g/mol. The van der Waals surface area contributed by atoms with Gasteiger partial charge in [-0.2, -0.15) is 0 Å². The van der Waals surface area contributed by atoms with E-state index in [2.05, 4.69) is 0 Å². The number of hydrogen-bond acceptors (Lipinski definition) is 6. The smallest absolute Gasteiger partial charge is 0.386 e. The second-order valence-corrected chi connectivity index (χ2v) is 5.00. The predicted octanol–water partition coefficient (Wildman–Crippen LogP) is 2.30. The molecule has 0 aromatic carbocycles. The van der Waals surface area contributed by atoms with Crippen molar-refractivity contribution in [1.82, 2.24) is 0 Å². The van der Waals surface area contributed by atoms with Crippen molar-refractivity contribution >= 4 is 7.32 Å². The Morgan fingerprint density at radius 3 is 1.00 bits per heavy atom. The first kappa shape index (κ1) is 21.8. The van der Waals surface area contributed by atoms with Gasteiger partial charge in [0, 0.05) is 61.0 Å². The summed E-state index contributed by atoms with van der Waals surface area (Å²) in [5.41, 5.74) is 0. The maximum atomic E-state index is 5.64. The quantitative estimate of drug-likeness (QED) is 0.285. The third kappa shape index (κ3) is 16.2. The van der Waals surface area contributed by atoms with Gasteiger partial charge in [-0.25, -0.2) is 0 Å². The van der Waals surface area contributed by atoms with Crippen LogP contribution < -0.4 is 0 Å². The summed E-state index contributed by atoms with van der Waals surface area (Å²) in [6.07, 6.45) is 5.74. The van der Waals surface area contributed by atoms with Crippen LogP contribution in [0.2, 0.25) is 0 Å². The van der Waals surface area contributed by atoms with Crippen LogP contribution >= 0.6 is 0 Å². The monoisotopic (exact) mass is 320 g/mol. The zero-order chi connectivity index (χ0) is 16.3. The van der Waals surface area contributed by atoms with Crippen LogP contribution in [0.3, 0.4) is 0 Å². The summed E-state index contributed by atoms with van der Waals surface area (Å²) in [6.45, 7) is 4.11. The lowest BCUT2D eigenvalue weighted by Gasteiger charge is -2.14. The van der Waals surface area contributed by atoms with Crippen LogP contribution in [-0.2, 0) is 28.2 Å². The van der Waals surface area contributed by atoms with E-state index < -0.39 is 7.32 Å². The van der Waals surface area contributed by atoms with Crippen molar-refractivity contribution in [2.45, 2.75) is 38.5 Å². The van der Waals surface area contributed by atoms with E-state index in [9.17, 15) is 0 Å². The van der Waals surface area contributed by atoms with Crippen molar-refractivity contribution in [3.05, 3.63) is 0 Å². The van der Waals surface area contributed by atoms with E-state index in [1.165, 1.54) is 0 Å². The second-order valence-electron chi connectivity index (χ2n) is 5.00. The Kier molecular flexibility index (Phi) is 18.7. The van der Waals surface area contributed by atoms with Gasteiger partial charge in [0.15, 0.2) is 0 Å². The summed E-state index contributed by atoms with van der Waals surface area (Å²) in [7, 11) is 4.54. The molecule has 0 saturated carbocycles. The first-order chi connectivity index (χ1) is 10.8. The largest absolute Gasteiger partial charge is 0.639 e. The Hall–Kier alpha value is -0.175. The summed E-state index contributed by atoms with van der Waals surface area (Å²) in [5, 5.41) is 0. The van der Waals surface area contributed by atoms with E-state index in [4.69, 9.17) is 28.2 Å². The van der Waals surface area contributed by atoms with Crippen molar-refractivity contribution in [2.24, 2.45) is 0 Å². The van der Waals surface area contributed by atoms with Gasteiger partial charge in [-0.05, 0) is 38.5 Å². The summed E-state index contributed by atoms with van der Waals surface area (Å²) >= 11 is 0. The molecule has 0 radical (unpaired) electrons. The Morgan fingerprint density at radius 1 is 0.455 bits per heavy atom. The van der Waals surface area contributed by atoms with Crippen molar-refractivity contribution in [3.8, 4) is 0 Å². The predicted molar refractivity (Wildman–Crippen MR) is 86.9 cm³/mol. The molecule has 6 nitrogen and oxygen atoms in total. The zero-order valence-corrected chi connectivity index (χ0v) is 14.5. The standard InChI is InChI=1S/C15H33BO6/c1-17-10-4-7-13-20-16(21-14-8-5-11-18-2)22-15-9-6-12-19-3/h4-15H2,1-3H3. The molecule has 0 aliphatic carbocycles. The number of unbranched alkanes of at least 4 members (excludes halogenated alkanes) is 3. The summed E-state index contributed by atoms with van der Waals surface area (Å²) < 4.78 is 32.0. The molecule has 22 heavy (non-hydrogen) atoms. The summed E-state index contributed by atoms with van der Waals surface area (Å²) in [4.78, 5) is 0. The molecule has 0 unspecified atom stereocenters. The number of hydrogen-bond donors (Lipinski definition) is 0. The maximum absolute atomic E-state index is 5.64. The fourth-order valence-electron chi connectivity index (χ4n) is 1.73. The van der Waals surface area contributed by atoms with E-state index in [-0.39, 0.29) is 0 Å². The lowest BCUT2D eigenvalue weighted by atomic mass is 10.2. The summed E-state index contributed by atoms with van der Waals surface area (Å²) in [5.74, 6) is 0. The third-order valence-electron chi connectivity index (χ3n) is 2.99. The Balaban J connectivity index is 3.72. The van der Waals surface area contributed by atoms with Gasteiger partial charge in [-0.15, -0.1) is 0 Å². The lowest BCUT2D eigenvalue weighted by molar-refractivity contribution is 0.0817. The van der Waals surface area contributed by atoms with Crippen molar-refractivity contribution in [3.63, 3.8) is 0 Å². The van der Waals surface area contributed by atoms with E-state index in [1.807, 2.05) is 0 Å². The summed E-state index contributed by atoms with van der Waals surface area (Å²) in [6, 6.07) is 0. The van der Waals surface area contributed by atoms with Gasteiger partial charge in [0.25, 0.3) is 0 Å². The number of rotatable bonds is 18. The highest BCUT2D eigenvalue weighted by molar-refractivity contribution is 6.36. The van der Waals surface area contributed by atoms with Gasteiger partial charge in [0.2, 0.25) is 0 Å². The molecule has 0 rings (SSSR count). The molecular formula is C15H33BO6. The van der Waals surface area contributed by atoms with Gasteiger partial charge < -0.3 is 28.2 Å². The molecule has 0 aliphatic heterocycles. The second kappa shape index (κ2) is 18.9. The van der Waals surface area contributed by atoms with E-state index in [0.717, 1.165) is 58.3 Å². The van der Waals surface area contributed by atoms with Crippen LogP contribution in [0.4, 0.5) is 0 Å². The Morgan fingerprint density at radius 2 is 0.727 bits per heavy atom. The average Bonchev–Trinajstić information content (AvgIpc) is 2.53. The molecule has 0 spiro atoms.